The number of aliphatic hydroxyl groups excluding tert-OH is 2. The minimum atomic E-state index is -0.921. The molecule has 2 heterocycles. The van der Waals surface area contributed by atoms with E-state index in [0.717, 1.165) is 29.5 Å². The summed E-state index contributed by atoms with van der Waals surface area (Å²) in [5.74, 6) is -0.491. The van der Waals surface area contributed by atoms with Crippen LogP contribution in [0.3, 0.4) is 0 Å². The van der Waals surface area contributed by atoms with Gasteiger partial charge in [-0.2, -0.15) is 0 Å². The van der Waals surface area contributed by atoms with Gasteiger partial charge in [0.05, 0.1) is 18.8 Å². The van der Waals surface area contributed by atoms with E-state index in [4.69, 9.17) is 0 Å². The van der Waals surface area contributed by atoms with E-state index in [9.17, 15) is 19.8 Å². The van der Waals surface area contributed by atoms with Gasteiger partial charge in [-0.3, -0.25) is 14.5 Å². The van der Waals surface area contributed by atoms with E-state index in [1.807, 2.05) is 32.0 Å². The summed E-state index contributed by atoms with van der Waals surface area (Å²) in [6.45, 7) is 7.44. The Morgan fingerprint density at radius 1 is 1.00 bits per heavy atom. The third-order valence-electron chi connectivity index (χ3n) is 8.16. The number of aliphatic hydroxyl groups is 2. The van der Waals surface area contributed by atoms with Gasteiger partial charge in [-0.15, -0.1) is 0 Å². The maximum Gasteiger partial charge on any atom is 0.248 e. The third kappa shape index (κ3) is 5.44. The van der Waals surface area contributed by atoms with Crippen LogP contribution in [0.2, 0.25) is 0 Å². The molecule has 2 fully saturated rings. The summed E-state index contributed by atoms with van der Waals surface area (Å²) in [5, 5.41) is 23.8. The van der Waals surface area contributed by atoms with Crippen LogP contribution in [0.15, 0.2) is 54.6 Å². The molecule has 1 unspecified atom stereocenters. The summed E-state index contributed by atoms with van der Waals surface area (Å²) >= 11 is 0. The Labute approximate surface area is 220 Å². The molecule has 0 aliphatic carbocycles. The fourth-order valence-electron chi connectivity index (χ4n) is 5.76. The van der Waals surface area contributed by atoms with Crippen LogP contribution in [0.25, 0.3) is 11.1 Å². The SMILES string of the molecule is CCCCN1C(=O)[C@@H]([C@H](O)C(C)C)NC(=O)C12CCN(C(CO)c1ccc(-c3ccccc3)cc1)CC2. The van der Waals surface area contributed by atoms with Crippen LogP contribution in [-0.4, -0.2) is 75.8 Å². The van der Waals surface area contributed by atoms with E-state index < -0.39 is 17.7 Å². The number of hydrogen-bond acceptors (Lipinski definition) is 5. The average molecular weight is 508 g/mol. The van der Waals surface area contributed by atoms with Crippen LogP contribution < -0.4 is 5.32 Å². The van der Waals surface area contributed by atoms with Crippen LogP contribution >= 0.6 is 0 Å². The lowest BCUT2D eigenvalue weighted by Crippen LogP contribution is -2.75. The number of amides is 2. The molecule has 0 bridgehead atoms. The van der Waals surface area contributed by atoms with Gasteiger partial charge in [-0.25, -0.2) is 0 Å². The number of carbonyl (C=O) groups excluding carboxylic acids is 2. The molecule has 37 heavy (non-hydrogen) atoms. The molecule has 200 valence electrons. The zero-order chi connectivity index (χ0) is 26.6. The molecule has 3 N–H and O–H groups in total. The Kier molecular flexibility index (Phi) is 8.67. The second-order valence-electron chi connectivity index (χ2n) is 10.8. The lowest BCUT2D eigenvalue weighted by Gasteiger charge is -2.53. The Morgan fingerprint density at radius 2 is 1.62 bits per heavy atom. The molecule has 1 spiro atoms. The first-order valence-electron chi connectivity index (χ1n) is 13.6. The number of hydrogen-bond donors (Lipinski definition) is 3. The molecule has 4 rings (SSSR count). The van der Waals surface area contributed by atoms with E-state index in [2.05, 4.69) is 53.5 Å². The monoisotopic (exact) mass is 507 g/mol. The number of likely N-dealkylation sites (tertiary alicyclic amines) is 1. The van der Waals surface area contributed by atoms with Crippen molar-refractivity contribution in [3.63, 3.8) is 0 Å². The molecular weight excluding hydrogens is 466 g/mol. The summed E-state index contributed by atoms with van der Waals surface area (Å²) in [7, 11) is 0. The third-order valence-corrected chi connectivity index (χ3v) is 8.16. The molecular formula is C30H41N3O4. The summed E-state index contributed by atoms with van der Waals surface area (Å²) in [6.07, 6.45) is 1.79. The van der Waals surface area contributed by atoms with Crippen LogP contribution in [-0.2, 0) is 9.59 Å². The van der Waals surface area contributed by atoms with Crippen LogP contribution in [0.1, 0.15) is 58.1 Å². The van der Waals surface area contributed by atoms with Crippen molar-refractivity contribution in [1.82, 2.24) is 15.1 Å². The predicted octanol–water partition coefficient (Wildman–Crippen LogP) is 3.37. The Hall–Kier alpha value is -2.74. The number of unbranched alkanes of at least 4 members (excludes halogenated alkanes) is 1. The maximum atomic E-state index is 13.5. The van der Waals surface area contributed by atoms with Crippen molar-refractivity contribution >= 4 is 11.8 Å². The number of nitrogens with zero attached hydrogens (tertiary/aromatic N) is 2. The molecule has 2 aliphatic rings. The minimum Gasteiger partial charge on any atom is -0.394 e. The minimum absolute atomic E-state index is 0.0228. The standard InChI is InChI=1S/C30H41N3O4/c1-4-5-17-33-28(36)26(27(35)21(2)3)31-29(37)30(33)15-18-32(19-16-30)25(20-34)24-13-11-23(12-14-24)22-9-7-6-8-10-22/h6-14,21,25-27,34-35H,4-5,15-20H2,1-3H3,(H,31,37)/t25?,26-,27-/m1/s1. The molecule has 2 aromatic carbocycles. The smallest absolute Gasteiger partial charge is 0.248 e. The van der Waals surface area contributed by atoms with E-state index in [0.29, 0.717) is 32.5 Å². The Bertz CT molecular complexity index is 1050. The summed E-state index contributed by atoms with van der Waals surface area (Å²) < 4.78 is 0. The van der Waals surface area contributed by atoms with E-state index in [1.165, 1.54) is 0 Å². The molecule has 2 aromatic rings. The van der Waals surface area contributed by atoms with Crippen LogP contribution in [0.5, 0.6) is 0 Å². The zero-order valence-corrected chi connectivity index (χ0v) is 22.3. The van der Waals surface area contributed by atoms with Gasteiger partial charge in [0.15, 0.2) is 0 Å². The van der Waals surface area contributed by atoms with Crippen molar-refractivity contribution in [2.45, 2.75) is 70.2 Å². The Morgan fingerprint density at radius 3 is 2.19 bits per heavy atom. The fraction of sp³-hybridized carbons (Fsp3) is 0.533. The summed E-state index contributed by atoms with van der Waals surface area (Å²) in [4.78, 5) is 31.0. The first kappa shape index (κ1) is 27.3. The van der Waals surface area contributed by atoms with Crippen molar-refractivity contribution in [3.05, 3.63) is 60.2 Å². The number of rotatable bonds is 9. The molecule has 2 aliphatic heterocycles. The van der Waals surface area contributed by atoms with Crippen molar-refractivity contribution in [3.8, 4) is 11.1 Å². The highest BCUT2D eigenvalue weighted by Crippen LogP contribution is 2.37. The predicted molar refractivity (Wildman–Crippen MR) is 145 cm³/mol. The number of piperidine rings is 1. The van der Waals surface area contributed by atoms with E-state index in [1.54, 1.807) is 4.90 Å². The first-order chi connectivity index (χ1) is 17.8. The van der Waals surface area contributed by atoms with Gasteiger partial charge in [-0.05, 0) is 41.9 Å². The van der Waals surface area contributed by atoms with Crippen molar-refractivity contribution in [2.75, 3.05) is 26.2 Å². The highest BCUT2D eigenvalue weighted by molar-refractivity contribution is 6.00. The van der Waals surface area contributed by atoms with Gasteiger partial charge in [0.25, 0.3) is 0 Å². The lowest BCUT2D eigenvalue weighted by molar-refractivity contribution is -0.166. The van der Waals surface area contributed by atoms with E-state index in [-0.39, 0.29) is 30.4 Å². The quantitative estimate of drug-likeness (QED) is 0.484. The fourth-order valence-corrected chi connectivity index (χ4v) is 5.76. The topological polar surface area (TPSA) is 93.1 Å². The molecule has 2 amide bonds. The van der Waals surface area contributed by atoms with Crippen LogP contribution in [0.4, 0.5) is 0 Å². The van der Waals surface area contributed by atoms with Crippen molar-refractivity contribution in [1.29, 1.82) is 0 Å². The summed E-state index contributed by atoms with van der Waals surface area (Å²) in [6, 6.07) is 17.4. The van der Waals surface area contributed by atoms with Gasteiger partial charge in [-0.1, -0.05) is 81.8 Å². The van der Waals surface area contributed by atoms with Crippen molar-refractivity contribution < 1.29 is 19.8 Å². The van der Waals surface area contributed by atoms with Gasteiger partial charge in [0.2, 0.25) is 11.8 Å². The number of benzene rings is 2. The van der Waals surface area contributed by atoms with Crippen molar-refractivity contribution in [2.24, 2.45) is 5.92 Å². The first-order valence-corrected chi connectivity index (χ1v) is 13.6. The largest absolute Gasteiger partial charge is 0.394 e. The molecule has 0 radical (unpaired) electrons. The molecule has 0 saturated carbocycles. The zero-order valence-electron chi connectivity index (χ0n) is 22.3. The highest BCUT2D eigenvalue weighted by Gasteiger charge is 2.55. The molecule has 7 nitrogen and oxygen atoms in total. The number of nitrogens with one attached hydrogen (secondary N) is 1. The average Bonchev–Trinajstić information content (AvgIpc) is 2.92. The van der Waals surface area contributed by atoms with Gasteiger partial charge < -0.3 is 20.4 Å². The maximum absolute atomic E-state index is 13.5. The molecule has 3 atom stereocenters. The Balaban J connectivity index is 1.51. The van der Waals surface area contributed by atoms with E-state index >= 15 is 0 Å². The van der Waals surface area contributed by atoms with Gasteiger partial charge in [0, 0.05) is 19.6 Å². The second-order valence-corrected chi connectivity index (χ2v) is 10.8. The van der Waals surface area contributed by atoms with Gasteiger partial charge >= 0.3 is 0 Å². The second kappa shape index (κ2) is 11.8. The molecule has 2 saturated heterocycles. The number of carbonyl (C=O) groups is 2. The molecule has 7 heteroatoms. The normalized spacial score (nSPS) is 21.8. The number of piperazine rings is 1. The molecule has 0 aromatic heterocycles. The van der Waals surface area contributed by atoms with Gasteiger partial charge in [0.1, 0.15) is 11.6 Å². The highest BCUT2D eigenvalue weighted by atomic mass is 16.3. The lowest BCUT2D eigenvalue weighted by atomic mass is 9.79. The summed E-state index contributed by atoms with van der Waals surface area (Å²) in [5.41, 5.74) is 2.40. The van der Waals surface area contributed by atoms with Crippen LogP contribution in [0, 0.1) is 5.92 Å².